The second-order valence-electron chi connectivity index (χ2n) is 5.41. The maximum Gasteiger partial charge on any atom is 0.0479 e. The van der Waals surface area contributed by atoms with E-state index in [-0.39, 0.29) is 0 Å². The molecule has 1 N–H and O–H groups in total. The highest BCUT2D eigenvalue weighted by Gasteiger charge is 2.29. The van der Waals surface area contributed by atoms with Crippen LogP contribution in [0.1, 0.15) is 38.7 Å². The summed E-state index contributed by atoms with van der Waals surface area (Å²) in [6, 6.07) is 9.32. The van der Waals surface area contributed by atoms with E-state index in [1.807, 2.05) is 0 Å². The van der Waals surface area contributed by atoms with Crippen molar-refractivity contribution < 1.29 is 5.11 Å². The third kappa shape index (κ3) is 2.47. The van der Waals surface area contributed by atoms with Crippen LogP contribution in [0.4, 0.5) is 5.69 Å². The first-order chi connectivity index (χ1) is 8.13. The van der Waals surface area contributed by atoms with Gasteiger partial charge in [-0.05, 0) is 37.0 Å². The van der Waals surface area contributed by atoms with Gasteiger partial charge in [-0.25, -0.2) is 0 Å². The van der Waals surface area contributed by atoms with Crippen molar-refractivity contribution in [2.45, 2.75) is 39.2 Å². The molecule has 1 aliphatic heterocycles. The van der Waals surface area contributed by atoms with Crippen molar-refractivity contribution >= 4 is 5.69 Å². The molecule has 0 aliphatic carbocycles. The van der Waals surface area contributed by atoms with Crippen LogP contribution in [0.5, 0.6) is 0 Å². The molecule has 0 saturated carbocycles. The van der Waals surface area contributed by atoms with Crippen LogP contribution < -0.4 is 4.90 Å². The zero-order chi connectivity index (χ0) is 12.4. The zero-order valence-corrected chi connectivity index (χ0v) is 11.1. The average Bonchev–Trinajstić information content (AvgIpc) is 2.70. The molecule has 94 valence electrons. The largest absolute Gasteiger partial charge is 0.396 e. The fourth-order valence-electron chi connectivity index (χ4n) is 2.66. The molecule has 1 aromatic carbocycles. The Balaban J connectivity index is 2.13. The second-order valence-corrected chi connectivity index (χ2v) is 5.41. The van der Waals surface area contributed by atoms with Crippen molar-refractivity contribution in [3.05, 3.63) is 29.8 Å². The van der Waals surface area contributed by atoms with Crippen molar-refractivity contribution in [1.82, 2.24) is 0 Å². The molecule has 17 heavy (non-hydrogen) atoms. The zero-order valence-electron chi connectivity index (χ0n) is 11.1. The van der Waals surface area contributed by atoms with Gasteiger partial charge in [0, 0.05) is 30.8 Å². The van der Waals surface area contributed by atoms with Crippen LogP contribution in [-0.4, -0.2) is 24.3 Å². The van der Waals surface area contributed by atoms with E-state index < -0.39 is 0 Å². The van der Waals surface area contributed by atoms with E-state index in [2.05, 4.69) is 49.9 Å². The number of anilines is 1. The lowest BCUT2D eigenvalue weighted by Gasteiger charge is -2.26. The lowest BCUT2D eigenvalue weighted by atomic mass is 10.0. The molecule has 0 spiro atoms. The monoisotopic (exact) mass is 233 g/mol. The number of rotatable bonds is 3. The molecule has 0 radical (unpaired) electrons. The van der Waals surface area contributed by atoms with Gasteiger partial charge >= 0.3 is 0 Å². The number of aliphatic hydroxyl groups excluding tert-OH is 1. The lowest BCUT2D eigenvalue weighted by molar-refractivity contribution is 0.221. The molecule has 1 fully saturated rings. The Morgan fingerprint density at radius 3 is 2.41 bits per heavy atom. The summed E-state index contributed by atoms with van der Waals surface area (Å²) in [6.07, 6.45) is 1.10. The summed E-state index contributed by atoms with van der Waals surface area (Å²) in [7, 11) is 0. The summed E-state index contributed by atoms with van der Waals surface area (Å²) in [4.78, 5) is 2.41. The van der Waals surface area contributed by atoms with Gasteiger partial charge in [-0.15, -0.1) is 0 Å². The number of benzene rings is 1. The minimum Gasteiger partial charge on any atom is -0.396 e. The van der Waals surface area contributed by atoms with Gasteiger partial charge in [0.05, 0.1) is 0 Å². The number of hydrogen-bond donors (Lipinski definition) is 1. The van der Waals surface area contributed by atoms with E-state index >= 15 is 0 Å². The van der Waals surface area contributed by atoms with Crippen LogP contribution in [0.2, 0.25) is 0 Å². The van der Waals surface area contributed by atoms with Gasteiger partial charge < -0.3 is 10.0 Å². The highest BCUT2D eigenvalue weighted by Crippen LogP contribution is 2.30. The van der Waals surface area contributed by atoms with Crippen LogP contribution in [0.3, 0.4) is 0 Å². The first-order valence-corrected chi connectivity index (χ1v) is 6.61. The molecule has 2 nitrogen and oxygen atoms in total. The van der Waals surface area contributed by atoms with E-state index in [9.17, 15) is 5.11 Å². The van der Waals surface area contributed by atoms with E-state index in [0.29, 0.717) is 24.5 Å². The lowest BCUT2D eigenvalue weighted by Crippen LogP contribution is -2.30. The molecular formula is C15H23NO. The van der Waals surface area contributed by atoms with Gasteiger partial charge in [-0.3, -0.25) is 0 Å². The quantitative estimate of drug-likeness (QED) is 0.867. The molecule has 0 bridgehead atoms. The number of hydrogen-bond acceptors (Lipinski definition) is 2. The smallest absolute Gasteiger partial charge is 0.0479 e. The summed E-state index contributed by atoms with van der Waals surface area (Å²) in [5, 5.41) is 9.29. The summed E-state index contributed by atoms with van der Waals surface area (Å²) in [5.74, 6) is 1.02. The Bertz CT molecular complexity index is 358. The topological polar surface area (TPSA) is 23.5 Å². The van der Waals surface area contributed by atoms with Gasteiger partial charge in [0.1, 0.15) is 0 Å². The minimum absolute atomic E-state index is 0.307. The standard InChI is InChI=1S/C15H23NO/c1-11(2)13-4-6-15(7-5-13)16-9-8-14(10-17)12(16)3/h4-7,11-12,14,17H,8-10H2,1-3H3. The Hall–Kier alpha value is -1.02. The van der Waals surface area contributed by atoms with Gasteiger partial charge in [-0.2, -0.15) is 0 Å². The fraction of sp³-hybridized carbons (Fsp3) is 0.600. The van der Waals surface area contributed by atoms with Gasteiger partial charge in [0.15, 0.2) is 0 Å². The Morgan fingerprint density at radius 2 is 1.94 bits per heavy atom. The maximum atomic E-state index is 9.29. The number of nitrogens with zero attached hydrogens (tertiary/aromatic N) is 1. The van der Waals surface area contributed by atoms with Crippen molar-refractivity contribution in [2.24, 2.45) is 5.92 Å². The highest BCUT2D eigenvalue weighted by molar-refractivity contribution is 5.50. The predicted molar refractivity (Wildman–Crippen MR) is 72.5 cm³/mol. The molecule has 1 aromatic rings. The van der Waals surface area contributed by atoms with Crippen molar-refractivity contribution in [1.29, 1.82) is 0 Å². The van der Waals surface area contributed by atoms with Gasteiger partial charge in [0.25, 0.3) is 0 Å². The maximum absolute atomic E-state index is 9.29. The summed E-state index contributed by atoms with van der Waals surface area (Å²) < 4.78 is 0. The highest BCUT2D eigenvalue weighted by atomic mass is 16.3. The van der Waals surface area contributed by atoms with Crippen LogP contribution in [0.15, 0.2) is 24.3 Å². The third-order valence-corrected chi connectivity index (χ3v) is 4.04. The van der Waals surface area contributed by atoms with E-state index in [0.717, 1.165) is 13.0 Å². The molecule has 1 aliphatic rings. The molecule has 2 heteroatoms. The Kier molecular flexibility index (Phi) is 3.72. The normalized spacial score (nSPS) is 24.6. The predicted octanol–water partition coefficient (Wildman–Crippen LogP) is 3.02. The molecule has 1 heterocycles. The van der Waals surface area contributed by atoms with E-state index in [4.69, 9.17) is 0 Å². The van der Waals surface area contributed by atoms with E-state index in [1.165, 1.54) is 11.3 Å². The van der Waals surface area contributed by atoms with Gasteiger partial charge in [-0.1, -0.05) is 26.0 Å². The molecule has 0 amide bonds. The minimum atomic E-state index is 0.307. The first kappa shape index (κ1) is 12.4. The molecule has 2 atom stereocenters. The Morgan fingerprint density at radius 1 is 1.29 bits per heavy atom. The van der Waals surface area contributed by atoms with Crippen LogP contribution >= 0.6 is 0 Å². The van der Waals surface area contributed by atoms with Crippen LogP contribution in [0, 0.1) is 5.92 Å². The number of aliphatic hydroxyl groups is 1. The molecular weight excluding hydrogens is 210 g/mol. The fourth-order valence-corrected chi connectivity index (χ4v) is 2.66. The summed E-state index contributed by atoms with van der Waals surface area (Å²) >= 11 is 0. The SMILES string of the molecule is CC(C)c1ccc(N2CCC(CO)C2C)cc1. The summed E-state index contributed by atoms with van der Waals surface area (Å²) in [6.45, 7) is 8.02. The van der Waals surface area contributed by atoms with E-state index in [1.54, 1.807) is 0 Å². The molecule has 2 unspecified atom stereocenters. The van der Waals surface area contributed by atoms with Crippen molar-refractivity contribution in [2.75, 3.05) is 18.1 Å². The van der Waals surface area contributed by atoms with Crippen molar-refractivity contribution in [3.8, 4) is 0 Å². The van der Waals surface area contributed by atoms with Gasteiger partial charge in [0.2, 0.25) is 0 Å². The third-order valence-electron chi connectivity index (χ3n) is 4.04. The van der Waals surface area contributed by atoms with Crippen LogP contribution in [0.25, 0.3) is 0 Å². The van der Waals surface area contributed by atoms with Crippen LogP contribution in [-0.2, 0) is 0 Å². The molecule has 0 aromatic heterocycles. The molecule has 2 rings (SSSR count). The van der Waals surface area contributed by atoms with Crippen molar-refractivity contribution in [3.63, 3.8) is 0 Å². The molecule has 1 saturated heterocycles. The second kappa shape index (κ2) is 5.09. The average molecular weight is 233 g/mol. The first-order valence-electron chi connectivity index (χ1n) is 6.61. The Labute approximate surface area is 104 Å². The summed E-state index contributed by atoms with van der Waals surface area (Å²) in [5.41, 5.74) is 2.68.